The van der Waals surface area contributed by atoms with Crippen LogP contribution < -0.4 is 10.7 Å². The molecule has 0 unspecified atom stereocenters. The van der Waals surface area contributed by atoms with Crippen LogP contribution in [0.15, 0.2) is 62.5 Å². The van der Waals surface area contributed by atoms with Crippen LogP contribution in [0.3, 0.4) is 0 Å². The van der Waals surface area contributed by atoms with E-state index in [-0.39, 0.29) is 11.4 Å². The number of aryl methyl sites for hydroxylation is 1. The number of hydrogen-bond acceptors (Lipinski definition) is 4. The normalized spacial score (nSPS) is 14.6. The first-order chi connectivity index (χ1) is 16.1. The average Bonchev–Trinajstić information content (AvgIpc) is 3.15. The van der Waals surface area contributed by atoms with Gasteiger partial charge in [-0.15, -0.1) is 0 Å². The number of anilines is 1. The summed E-state index contributed by atoms with van der Waals surface area (Å²) in [5, 5.41) is 6.56. The number of amides is 2. The second-order valence-corrected chi connectivity index (χ2v) is 8.63. The van der Waals surface area contributed by atoms with Crippen LogP contribution in [0.5, 0.6) is 0 Å². The van der Waals surface area contributed by atoms with Gasteiger partial charge in [0.1, 0.15) is 5.76 Å². The molecule has 34 heavy (non-hydrogen) atoms. The van der Waals surface area contributed by atoms with E-state index in [4.69, 9.17) is 4.42 Å². The number of benzene rings is 2. The molecule has 0 atom stereocenters. The largest absolute Gasteiger partial charge is 0.455 e. The average molecular weight is 534 g/mol. The molecule has 10 heteroatoms. The molecule has 0 aliphatic heterocycles. The molecule has 2 N–H and O–H groups in total. The van der Waals surface area contributed by atoms with Crippen molar-refractivity contribution in [2.45, 2.75) is 32.4 Å². The van der Waals surface area contributed by atoms with Crippen LogP contribution in [-0.4, -0.2) is 17.5 Å². The third-order valence-corrected chi connectivity index (χ3v) is 5.94. The predicted molar refractivity (Wildman–Crippen MR) is 124 cm³/mol. The SMILES string of the molecule is Cc1c(C(=O)Nc2ccccc2C(F)(F)F)oc2c1/C(=N/NC(=O)c1ccc(Br)cc1)CCC2. The fraction of sp³-hybridized carbons (Fsp3) is 0.208. The smallest absolute Gasteiger partial charge is 0.418 e. The minimum atomic E-state index is -4.62. The van der Waals surface area contributed by atoms with Gasteiger partial charge in [0.15, 0.2) is 5.76 Å². The van der Waals surface area contributed by atoms with E-state index in [2.05, 4.69) is 31.8 Å². The molecule has 0 radical (unpaired) electrons. The van der Waals surface area contributed by atoms with Crippen molar-refractivity contribution < 1.29 is 27.2 Å². The Kier molecular flexibility index (Phi) is 6.60. The van der Waals surface area contributed by atoms with Crippen LogP contribution in [0.1, 0.15) is 56.2 Å². The van der Waals surface area contributed by atoms with E-state index < -0.39 is 23.6 Å². The molecule has 0 saturated carbocycles. The lowest BCUT2D eigenvalue weighted by Gasteiger charge is -2.13. The van der Waals surface area contributed by atoms with E-state index in [1.54, 1.807) is 31.2 Å². The lowest BCUT2D eigenvalue weighted by Crippen LogP contribution is -2.22. The van der Waals surface area contributed by atoms with Crippen molar-refractivity contribution in [1.82, 2.24) is 5.43 Å². The molecule has 0 fully saturated rings. The number of hydrazone groups is 1. The third-order valence-electron chi connectivity index (χ3n) is 5.41. The van der Waals surface area contributed by atoms with Gasteiger partial charge in [-0.3, -0.25) is 9.59 Å². The van der Waals surface area contributed by atoms with E-state index in [1.807, 2.05) is 0 Å². The van der Waals surface area contributed by atoms with Crippen LogP contribution in [0.4, 0.5) is 18.9 Å². The molecule has 2 amide bonds. The molecule has 1 aromatic heterocycles. The summed E-state index contributed by atoms with van der Waals surface area (Å²) in [6, 6.07) is 11.5. The molecule has 0 saturated heterocycles. The zero-order valence-electron chi connectivity index (χ0n) is 17.9. The van der Waals surface area contributed by atoms with Gasteiger partial charge in [-0.2, -0.15) is 18.3 Å². The Labute approximate surface area is 201 Å². The van der Waals surface area contributed by atoms with E-state index >= 15 is 0 Å². The second-order valence-electron chi connectivity index (χ2n) is 7.71. The number of nitrogens with zero attached hydrogens (tertiary/aromatic N) is 1. The lowest BCUT2D eigenvalue weighted by molar-refractivity contribution is -0.136. The fourth-order valence-corrected chi connectivity index (χ4v) is 4.06. The number of fused-ring (bicyclic) bond motifs is 1. The zero-order chi connectivity index (χ0) is 24.5. The summed E-state index contributed by atoms with van der Waals surface area (Å²) < 4.78 is 46.4. The van der Waals surface area contributed by atoms with Crippen LogP contribution in [-0.2, 0) is 12.6 Å². The van der Waals surface area contributed by atoms with Crippen molar-refractivity contribution in [3.8, 4) is 0 Å². The number of halogens is 4. The zero-order valence-corrected chi connectivity index (χ0v) is 19.5. The number of carbonyl (C=O) groups is 2. The quantitative estimate of drug-likeness (QED) is 0.398. The van der Waals surface area contributed by atoms with E-state index in [9.17, 15) is 22.8 Å². The van der Waals surface area contributed by atoms with Gasteiger partial charge in [0.05, 0.1) is 17.0 Å². The highest BCUT2D eigenvalue weighted by atomic mass is 79.9. The van der Waals surface area contributed by atoms with Gasteiger partial charge >= 0.3 is 6.18 Å². The maximum absolute atomic E-state index is 13.3. The molecule has 6 nitrogen and oxygen atoms in total. The first-order valence-corrected chi connectivity index (χ1v) is 11.2. The molecule has 176 valence electrons. The maximum atomic E-state index is 13.3. The monoisotopic (exact) mass is 533 g/mol. The standard InChI is InChI=1S/C24H19BrF3N3O3/c1-13-20-18(30-31-22(32)14-9-11-15(25)12-10-14)7-4-8-19(20)34-21(13)23(33)29-17-6-3-2-5-16(17)24(26,27)28/h2-3,5-6,9-12H,4,7-8H2,1H3,(H,29,33)(H,31,32)/b30-18+. The van der Waals surface area contributed by atoms with Gasteiger partial charge in [0.25, 0.3) is 11.8 Å². The summed E-state index contributed by atoms with van der Waals surface area (Å²) in [4.78, 5) is 25.2. The Morgan fingerprint density at radius 1 is 1.03 bits per heavy atom. The Bertz CT molecular complexity index is 1280. The van der Waals surface area contributed by atoms with Gasteiger partial charge in [-0.05, 0) is 56.2 Å². The first kappa shape index (κ1) is 23.7. The predicted octanol–water partition coefficient (Wildman–Crippen LogP) is 6.09. The number of alkyl halides is 3. The molecule has 3 aromatic rings. The third kappa shape index (κ3) is 4.91. The van der Waals surface area contributed by atoms with Gasteiger partial charge in [-0.25, -0.2) is 5.43 Å². The number of para-hydroxylation sites is 1. The van der Waals surface area contributed by atoms with Gasteiger partial charge in [0, 0.05) is 27.6 Å². The summed E-state index contributed by atoms with van der Waals surface area (Å²) in [7, 11) is 0. The lowest BCUT2D eigenvalue weighted by atomic mass is 9.93. The maximum Gasteiger partial charge on any atom is 0.418 e. The van der Waals surface area contributed by atoms with E-state index in [0.29, 0.717) is 47.4 Å². The van der Waals surface area contributed by atoms with E-state index in [0.717, 1.165) is 10.5 Å². The van der Waals surface area contributed by atoms with Gasteiger partial charge in [0.2, 0.25) is 0 Å². The number of rotatable bonds is 4. The minimum Gasteiger partial charge on any atom is -0.455 e. The number of hydrogen-bond donors (Lipinski definition) is 2. The minimum absolute atomic E-state index is 0.0872. The van der Waals surface area contributed by atoms with Crippen LogP contribution in [0.25, 0.3) is 0 Å². The van der Waals surface area contributed by atoms with Gasteiger partial charge in [-0.1, -0.05) is 28.1 Å². The Morgan fingerprint density at radius 2 is 1.74 bits per heavy atom. The van der Waals surface area contributed by atoms with Crippen molar-refractivity contribution in [3.05, 3.63) is 86.8 Å². The summed E-state index contributed by atoms with van der Waals surface area (Å²) in [6.07, 6.45) is -2.84. The fourth-order valence-electron chi connectivity index (χ4n) is 3.80. The number of carbonyl (C=O) groups excluding carboxylic acids is 2. The van der Waals surface area contributed by atoms with Gasteiger partial charge < -0.3 is 9.73 Å². The Morgan fingerprint density at radius 3 is 2.44 bits per heavy atom. The molecule has 0 bridgehead atoms. The van der Waals surface area contributed by atoms with Crippen LogP contribution in [0, 0.1) is 6.92 Å². The first-order valence-electron chi connectivity index (χ1n) is 10.4. The molecule has 2 aromatic carbocycles. The summed E-state index contributed by atoms with van der Waals surface area (Å²) in [5.74, 6) is -0.762. The van der Waals surface area contributed by atoms with E-state index in [1.165, 1.54) is 18.2 Å². The highest BCUT2D eigenvalue weighted by Crippen LogP contribution is 2.35. The van der Waals surface area contributed by atoms with Crippen molar-refractivity contribution in [3.63, 3.8) is 0 Å². The molecule has 4 rings (SSSR count). The number of furan rings is 1. The highest BCUT2D eigenvalue weighted by Gasteiger charge is 2.34. The second kappa shape index (κ2) is 9.46. The molecule has 1 aliphatic rings. The number of nitrogens with one attached hydrogen (secondary N) is 2. The molecular weight excluding hydrogens is 515 g/mol. The Hall–Kier alpha value is -3.40. The summed E-state index contributed by atoms with van der Waals surface area (Å²) in [5.41, 5.74) is 3.24. The summed E-state index contributed by atoms with van der Waals surface area (Å²) >= 11 is 3.31. The topological polar surface area (TPSA) is 83.7 Å². The summed E-state index contributed by atoms with van der Waals surface area (Å²) in [6.45, 7) is 1.64. The van der Waals surface area contributed by atoms with Crippen LogP contribution in [0.2, 0.25) is 0 Å². The van der Waals surface area contributed by atoms with Crippen molar-refractivity contribution in [1.29, 1.82) is 0 Å². The molecule has 1 aliphatic carbocycles. The van der Waals surface area contributed by atoms with Crippen LogP contribution >= 0.6 is 15.9 Å². The molecule has 0 spiro atoms. The van der Waals surface area contributed by atoms with Crippen molar-refractivity contribution >= 4 is 39.1 Å². The Balaban J connectivity index is 1.58. The highest BCUT2D eigenvalue weighted by molar-refractivity contribution is 9.10. The molecular formula is C24H19BrF3N3O3. The molecule has 1 heterocycles. The van der Waals surface area contributed by atoms with Crippen molar-refractivity contribution in [2.75, 3.05) is 5.32 Å². The van der Waals surface area contributed by atoms with Crippen molar-refractivity contribution in [2.24, 2.45) is 5.10 Å².